The van der Waals surface area contributed by atoms with Crippen molar-refractivity contribution < 1.29 is 9.72 Å². The van der Waals surface area contributed by atoms with Gasteiger partial charge < -0.3 is 5.32 Å². The van der Waals surface area contributed by atoms with Crippen molar-refractivity contribution >= 4 is 28.2 Å². The van der Waals surface area contributed by atoms with Crippen LogP contribution >= 0.6 is 0 Å². The third-order valence-electron chi connectivity index (χ3n) is 3.82. The van der Waals surface area contributed by atoms with Crippen LogP contribution in [-0.4, -0.2) is 15.4 Å². The van der Waals surface area contributed by atoms with Gasteiger partial charge in [0.25, 0.3) is 11.2 Å². The van der Waals surface area contributed by atoms with Gasteiger partial charge in [-0.2, -0.15) is 0 Å². The topological polar surface area (TPSA) is 94.2 Å². The highest BCUT2D eigenvalue weighted by Gasteiger charge is 2.12. The number of rotatable bonds is 4. The number of amides is 1. The van der Waals surface area contributed by atoms with Crippen LogP contribution in [0.15, 0.2) is 59.4 Å². The van der Waals surface area contributed by atoms with E-state index >= 15 is 0 Å². The average Bonchev–Trinajstić information content (AvgIpc) is 2.59. The molecule has 126 valence electrons. The van der Waals surface area contributed by atoms with Crippen molar-refractivity contribution in [2.45, 2.75) is 13.5 Å². The van der Waals surface area contributed by atoms with Crippen LogP contribution in [0.2, 0.25) is 0 Å². The molecule has 7 heteroatoms. The SMILES string of the molecule is Cc1ccc(NC(=O)Cn2c(=O)ccc3cc([N+](=O)[O-])ccc32)cc1. The summed E-state index contributed by atoms with van der Waals surface area (Å²) in [6.45, 7) is 1.77. The Bertz CT molecular complexity index is 1020. The second kappa shape index (κ2) is 6.56. The summed E-state index contributed by atoms with van der Waals surface area (Å²) in [6.07, 6.45) is 0. The Morgan fingerprint density at radius 3 is 2.52 bits per heavy atom. The first kappa shape index (κ1) is 16.4. The molecule has 0 saturated carbocycles. The molecular weight excluding hydrogens is 322 g/mol. The highest BCUT2D eigenvalue weighted by molar-refractivity contribution is 5.92. The van der Waals surface area contributed by atoms with E-state index in [1.165, 1.54) is 34.9 Å². The average molecular weight is 337 g/mol. The Balaban J connectivity index is 1.90. The van der Waals surface area contributed by atoms with Gasteiger partial charge in [0, 0.05) is 29.3 Å². The number of nitro groups is 1. The zero-order valence-electron chi connectivity index (χ0n) is 13.4. The summed E-state index contributed by atoms with van der Waals surface area (Å²) < 4.78 is 1.29. The number of pyridine rings is 1. The number of carbonyl (C=O) groups is 1. The molecule has 1 heterocycles. The molecule has 7 nitrogen and oxygen atoms in total. The van der Waals surface area contributed by atoms with Gasteiger partial charge in [-0.25, -0.2) is 0 Å². The third kappa shape index (κ3) is 3.55. The monoisotopic (exact) mass is 337 g/mol. The number of carbonyl (C=O) groups excluding carboxylic acids is 1. The van der Waals surface area contributed by atoms with Crippen molar-refractivity contribution in [3.63, 3.8) is 0 Å². The second-order valence-corrected chi connectivity index (χ2v) is 5.67. The molecule has 0 aliphatic rings. The normalized spacial score (nSPS) is 10.6. The maximum atomic E-state index is 12.3. The predicted molar refractivity (Wildman–Crippen MR) is 94.7 cm³/mol. The van der Waals surface area contributed by atoms with Crippen LogP contribution in [-0.2, 0) is 11.3 Å². The highest BCUT2D eigenvalue weighted by Crippen LogP contribution is 2.19. The standard InChI is InChI=1S/C18H15N3O4/c1-12-2-5-14(6-3-12)19-17(22)11-20-16-8-7-15(21(24)25)10-13(16)4-9-18(20)23/h2-10H,11H2,1H3,(H,19,22). The summed E-state index contributed by atoms with van der Waals surface area (Å²) in [5.41, 5.74) is 1.77. The molecule has 0 unspecified atom stereocenters. The Hall–Kier alpha value is -3.48. The maximum absolute atomic E-state index is 12.3. The summed E-state index contributed by atoms with van der Waals surface area (Å²) in [5.74, 6) is -0.350. The van der Waals surface area contributed by atoms with Crippen molar-refractivity contribution in [2.75, 3.05) is 5.32 Å². The lowest BCUT2D eigenvalue weighted by Crippen LogP contribution is -2.27. The van der Waals surface area contributed by atoms with Gasteiger partial charge in [0.15, 0.2) is 0 Å². The minimum atomic E-state index is -0.501. The summed E-state index contributed by atoms with van der Waals surface area (Å²) in [7, 11) is 0. The molecule has 0 aliphatic heterocycles. The van der Waals surface area contributed by atoms with E-state index in [4.69, 9.17) is 0 Å². The van der Waals surface area contributed by atoms with Crippen LogP contribution < -0.4 is 10.9 Å². The molecular formula is C18H15N3O4. The van der Waals surface area contributed by atoms with Gasteiger partial charge in [-0.05, 0) is 31.2 Å². The van der Waals surface area contributed by atoms with Crippen LogP contribution in [0.25, 0.3) is 10.9 Å². The lowest BCUT2D eigenvalue weighted by molar-refractivity contribution is -0.384. The minimum absolute atomic E-state index is 0.0678. The fourth-order valence-corrected chi connectivity index (χ4v) is 2.55. The molecule has 0 spiro atoms. The van der Waals surface area contributed by atoms with E-state index in [1.54, 1.807) is 12.1 Å². The fraction of sp³-hybridized carbons (Fsp3) is 0.111. The quantitative estimate of drug-likeness (QED) is 0.585. The van der Waals surface area contributed by atoms with Gasteiger partial charge in [0.05, 0.1) is 10.4 Å². The molecule has 0 radical (unpaired) electrons. The number of aromatic nitrogens is 1. The van der Waals surface area contributed by atoms with Crippen LogP contribution in [0.1, 0.15) is 5.56 Å². The van der Waals surface area contributed by atoms with Gasteiger partial charge in [-0.15, -0.1) is 0 Å². The second-order valence-electron chi connectivity index (χ2n) is 5.67. The lowest BCUT2D eigenvalue weighted by Gasteiger charge is -2.10. The molecule has 1 aromatic heterocycles. The minimum Gasteiger partial charge on any atom is -0.325 e. The molecule has 0 aliphatic carbocycles. The van der Waals surface area contributed by atoms with Gasteiger partial charge >= 0.3 is 0 Å². The first-order valence-corrected chi connectivity index (χ1v) is 7.58. The number of anilines is 1. The molecule has 0 saturated heterocycles. The van der Waals surface area contributed by atoms with Crippen LogP contribution in [0.3, 0.4) is 0 Å². The Morgan fingerprint density at radius 2 is 1.84 bits per heavy atom. The molecule has 2 aromatic carbocycles. The lowest BCUT2D eigenvalue weighted by atomic mass is 10.2. The maximum Gasteiger partial charge on any atom is 0.270 e. The summed E-state index contributed by atoms with van der Waals surface area (Å²) in [4.78, 5) is 34.8. The van der Waals surface area contributed by atoms with Crippen molar-refractivity contribution in [1.29, 1.82) is 0 Å². The Labute approximate surface area is 142 Å². The number of hydrogen-bond acceptors (Lipinski definition) is 4. The number of nitrogens with zero attached hydrogens (tertiary/aromatic N) is 2. The van der Waals surface area contributed by atoms with E-state index in [2.05, 4.69) is 5.32 Å². The number of nitro benzene ring substituents is 1. The van der Waals surface area contributed by atoms with E-state index < -0.39 is 4.92 Å². The first-order valence-electron chi connectivity index (χ1n) is 7.58. The van der Waals surface area contributed by atoms with E-state index in [0.29, 0.717) is 16.6 Å². The third-order valence-corrected chi connectivity index (χ3v) is 3.82. The summed E-state index contributed by atoms with van der Waals surface area (Å²) in [5, 5.41) is 14.1. The Kier molecular flexibility index (Phi) is 4.30. The number of benzene rings is 2. The molecule has 0 fully saturated rings. The zero-order chi connectivity index (χ0) is 18.0. The van der Waals surface area contributed by atoms with Gasteiger partial charge in [-0.1, -0.05) is 17.7 Å². The highest BCUT2D eigenvalue weighted by atomic mass is 16.6. The molecule has 1 amide bonds. The first-order chi connectivity index (χ1) is 11.9. The number of hydrogen-bond donors (Lipinski definition) is 1. The molecule has 3 aromatic rings. The van der Waals surface area contributed by atoms with Crippen molar-refractivity contribution in [3.05, 3.63) is 80.6 Å². The number of aryl methyl sites for hydroxylation is 1. The van der Waals surface area contributed by atoms with Crippen molar-refractivity contribution in [1.82, 2.24) is 4.57 Å². The van der Waals surface area contributed by atoms with Gasteiger partial charge in [0.2, 0.25) is 5.91 Å². The number of non-ortho nitro benzene ring substituents is 1. The van der Waals surface area contributed by atoms with Crippen LogP contribution in [0, 0.1) is 17.0 Å². The van der Waals surface area contributed by atoms with Crippen molar-refractivity contribution in [2.24, 2.45) is 0 Å². The summed E-state index contributed by atoms with van der Waals surface area (Å²) >= 11 is 0. The van der Waals surface area contributed by atoms with Crippen LogP contribution in [0.4, 0.5) is 11.4 Å². The van der Waals surface area contributed by atoms with E-state index in [9.17, 15) is 19.7 Å². The van der Waals surface area contributed by atoms with E-state index in [0.717, 1.165) is 5.56 Å². The van der Waals surface area contributed by atoms with Gasteiger partial charge in [-0.3, -0.25) is 24.3 Å². The van der Waals surface area contributed by atoms with Crippen molar-refractivity contribution in [3.8, 4) is 0 Å². The number of nitrogens with one attached hydrogen (secondary N) is 1. The Morgan fingerprint density at radius 1 is 1.12 bits per heavy atom. The van der Waals surface area contributed by atoms with Gasteiger partial charge in [0.1, 0.15) is 6.54 Å². The fourth-order valence-electron chi connectivity index (χ4n) is 2.55. The summed E-state index contributed by atoms with van der Waals surface area (Å²) in [6, 6.07) is 14.3. The molecule has 3 rings (SSSR count). The molecule has 0 atom stereocenters. The predicted octanol–water partition coefficient (Wildman–Crippen LogP) is 2.86. The van der Waals surface area contributed by atoms with E-state index in [-0.39, 0.29) is 23.7 Å². The largest absolute Gasteiger partial charge is 0.325 e. The van der Waals surface area contributed by atoms with Crippen LogP contribution in [0.5, 0.6) is 0 Å². The number of fused-ring (bicyclic) bond motifs is 1. The smallest absolute Gasteiger partial charge is 0.270 e. The molecule has 0 bridgehead atoms. The molecule has 25 heavy (non-hydrogen) atoms. The molecule has 1 N–H and O–H groups in total. The zero-order valence-corrected chi connectivity index (χ0v) is 13.4. The van der Waals surface area contributed by atoms with E-state index in [1.807, 2.05) is 19.1 Å².